The lowest BCUT2D eigenvalue weighted by molar-refractivity contribution is 0.397. The van der Waals surface area contributed by atoms with Gasteiger partial charge in [0.25, 0.3) is 0 Å². The summed E-state index contributed by atoms with van der Waals surface area (Å²) in [5.41, 5.74) is 0.316. The molecule has 0 aliphatic carbocycles. The maximum Gasteiger partial charge on any atom is 0.491 e. The molecule has 6 heteroatoms. The maximum absolute atomic E-state index is 8.81. The summed E-state index contributed by atoms with van der Waals surface area (Å²) in [5, 5.41) is 17.6. The monoisotopic (exact) mass is 231 g/mol. The molecule has 64 valence electrons. The van der Waals surface area contributed by atoms with Gasteiger partial charge in [-0.15, -0.1) is 0 Å². The molecule has 2 N–H and O–H groups in total. The van der Waals surface area contributed by atoms with Crippen molar-refractivity contribution in [1.29, 1.82) is 0 Å². The Morgan fingerprint density at radius 3 is 2.67 bits per heavy atom. The summed E-state index contributed by atoms with van der Waals surface area (Å²) in [6.45, 7) is 0. The standard InChI is InChI=1S/C6H7BBrNO3/c1-12-6-2-5(8)4(3-9-6)7(10)11/h2-3,10-11H,1H3. The van der Waals surface area contributed by atoms with Crippen molar-refractivity contribution in [3.8, 4) is 5.88 Å². The molecule has 12 heavy (non-hydrogen) atoms. The second-order valence-electron chi connectivity index (χ2n) is 2.12. The van der Waals surface area contributed by atoms with Crippen LogP contribution in [-0.4, -0.2) is 29.3 Å². The zero-order chi connectivity index (χ0) is 9.14. The third kappa shape index (κ3) is 1.97. The lowest BCUT2D eigenvalue weighted by Crippen LogP contribution is -2.31. The highest BCUT2D eigenvalue weighted by Crippen LogP contribution is 2.12. The summed E-state index contributed by atoms with van der Waals surface area (Å²) in [4.78, 5) is 3.81. The molecule has 0 fully saturated rings. The Hall–Kier alpha value is -0.585. The van der Waals surface area contributed by atoms with Crippen molar-refractivity contribution in [2.45, 2.75) is 0 Å². The topological polar surface area (TPSA) is 62.6 Å². The van der Waals surface area contributed by atoms with Crippen LogP contribution in [0.15, 0.2) is 16.7 Å². The van der Waals surface area contributed by atoms with Gasteiger partial charge in [-0.2, -0.15) is 0 Å². The van der Waals surface area contributed by atoms with E-state index >= 15 is 0 Å². The van der Waals surface area contributed by atoms with Crippen LogP contribution in [0.5, 0.6) is 5.88 Å². The van der Waals surface area contributed by atoms with Gasteiger partial charge in [0, 0.05) is 22.2 Å². The fraction of sp³-hybridized carbons (Fsp3) is 0.167. The molecule has 0 atom stereocenters. The van der Waals surface area contributed by atoms with Gasteiger partial charge in [-0.1, -0.05) is 15.9 Å². The SMILES string of the molecule is COc1cc(Br)c(B(O)O)cn1. The van der Waals surface area contributed by atoms with Crippen LogP contribution in [0.25, 0.3) is 0 Å². The van der Waals surface area contributed by atoms with E-state index in [1.165, 1.54) is 13.3 Å². The summed E-state index contributed by atoms with van der Waals surface area (Å²) in [7, 11) is -0.0260. The molecule has 0 aliphatic heterocycles. The van der Waals surface area contributed by atoms with E-state index in [9.17, 15) is 0 Å². The van der Waals surface area contributed by atoms with Gasteiger partial charge in [-0.05, 0) is 0 Å². The molecule has 1 aromatic rings. The molecular weight excluding hydrogens is 225 g/mol. The fourth-order valence-electron chi connectivity index (χ4n) is 0.725. The number of nitrogens with zero attached hydrogens (tertiary/aromatic N) is 1. The Bertz CT molecular complexity index is 281. The molecule has 1 rings (SSSR count). The Morgan fingerprint density at radius 1 is 1.58 bits per heavy atom. The number of ether oxygens (including phenoxy) is 1. The Kier molecular flexibility index (Phi) is 3.08. The lowest BCUT2D eigenvalue weighted by atomic mass is 9.82. The highest BCUT2D eigenvalue weighted by molar-refractivity contribution is 9.10. The average molecular weight is 232 g/mol. The summed E-state index contributed by atoms with van der Waals surface area (Å²) >= 11 is 3.15. The summed E-state index contributed by atoms with van der Waals surface area (Å²) < 4.78 is 5.38. The molecule has 0 amide bonds. The summed E-state index contributed by atoms with van der Waals surface area (Å²) in [6.07, 6.45) is 1.34. The van der Waals surface area contributed by atoms with E-state index in [1.807, 2.05) is 0 Å². The highest BCUT2D eigenvalue weighted by atomic mass is 79.9. The zero-order valence-electron chi connectivity index (χ0n) is 6.36. The lowest BCUT2D eigenvalue weighted by Gasteiger charge is -2.03. The van der Waals surface area contributed by atoms with E-state index in [0.29, 0.717) is 15.8 Å². The van der Waals surface area contributed by atoms with Crippen LogP contribution in [0.3, 0.4) is 0 Å². The van der Waals surface area contributed by atoms with Crippen molar-refractivity contribution < 1.29 is 14.8 Å². The van der Waals surface area contributed by atoms with E-state index < -0.39 is 7.12 Å². The first-order valence-corrected chi connectivity index (χ1v) is 4.00. The number of halogens is 1. The van der Waals surface area contributed by atoms with Crippen molar-refractivity contribution in [2.24, 2.45) is 0 Å². The first kappa shape index (κ1) is 9.50. The van der Waals surface area contributed by atoms with E-state index in [0.717, 1.165) is 0 Å². The van der Waals surface area contributed by atoms with E-state index in [4.69, 9.17) is 14.8 Å². The molecule has 1 aromatic heterocycles. The minimum absolute atomic E-state index is 0.316. The van der Waals surface area contributed by atoms with Crippen LogP contribution in [0.4, 0.5) is 0 Å². The van der Waals surface area contributed by atoms with Gasteiger partial charge in [0.2, 0.25) is 5.88 Å². The van der Waals surface area contributed by atoms with Crippen molar-refractivity contribution in [2.75, 3.05) is 7.11 Å². The van der Waals surface area contributed by atoms with Gasteiger partial charge in [0.05, 0.1) is 7.11 Å². The van der Waals surface area contributed by atoms with Crippen LogP contribution >= 0.6 is 15.9 Å². The molecule has 0 saturated heterocycles. The van der Waals surface area contributed by atoms with E-state index in [-0.39, 0.29) is 0 Å². The van der Waals surface area contributed by atoms with Crippen LogP contribution in [0, 0.1) is 0 Å². The van der Waals surface area contributed by atoms with Gasteiger partial charge in [-0.3, -0.25) is 0 Å². The Morgan fingerprint density at radius 2 is 2.25 bits per heavy atom. The predicted octanol–water partition coefficient (Wildman–Crippen LogP) is -0.468. The molecule has 0 radical (unpaired) electrons. The molecule has 0 aromatic carbocycles. The summed E-state index contributed by atoms with van der Waals surface area (Å²) in [5.74, 6) is 0.422. The maximum atomic E-state index is 8.81. The number of pyridine rings is 1. The van der Waals surface area contributed by atoms with Crippen molar-refractivity contribution in [1.82, 2.24) is 4.98 Å². The fourth-order valence-corrected chi connectivity index (χ4v) is 1.23. The van der Waals surface area contributed by atoms with Crippen LogP contribution in [-0.2, 0) is 0 Å². The molecule has 0 spiro atoms. The number of aromatic nitrogens is 1. The Balaban J connectivity index is 3.03. The van der Waals surface area contributed by atoms with Crippen LogP contribution < -0.4 is 10.2 Å². The van der Waals surface area contributed by atoms with Gasteiger partial charge < -0.3 is 14.8 Å². The van der Waals surface area contributed by atoms with E-state index in [2.05, 4.69) is 20.9 Å². The minimum atomic E-state index is -1.52. The molecular formula is C6H7BBrNO3. The Labute approximate surface area is 78.5 Å². The number of rotatable bonds is 2. The van der Waals surface area contributed by atoms with E-state index in [1.54, 1.807) is 6.07 Å². The van der Waals surface area contributed by atoms with Gasteiger partial charge in [0.15, 0.2) is 0 Å². The van der Waals surface area contributed by atoms with Crippen LogP contribution in [0.2, 0.25) is 0 Å². The van der Waals surface area contributed by atoms with Gasteiger partial charge in [0.1, 0.15) is 0 Å². The number of hydrogen-bond acceptors (Lipinski definition) is 4. The second kappa shape index (κ2) is 3.89. The van der Waals surface area contributed by atoms with Crippen molar-refractivity contribution >= 4 is 28.5 Å². The molecule has 0 unspecified atom stereocenters. The average Bonchev–Trinajstić information content (AvgIpc) is 2.03. The number of hydrogen-bond donors (Lipinski definition) is 2. The van der Waals surface area contributed by atoms with Crippen molar-refractivity contribution in [3.05, 3.63) is 16.7 Å². The minimum Gasteiger partial charge on any atom is -0.481 e. The molecule has 4 nitrogen and oxygen atoms in total. The largest absolute Gasteiger partial charge is 0.491 e. The highest BCUT2D eigenvalue weighted by Gasteiger charge is 2.15. The first-order chi connectivity index (χ1) is 5.65. The smallest absolute Gasteiger partial charge is 0.481 e. The van der Waals surface area contributed by atoms with Crippen LogP contribution in [0.1, 0.15) is 0 Å². The van der Waals surface area contributed by atoms with Gasteiger partial charge in [-0.25, -0.2) is 4.98 Å². The quantitative estimate of drug-likeness (QED) is 0.676. The van der Waals surface area contributed by atoms with Gasteiger partial charge >= 0.3 is 7.12 Å². The second-order valence-corrected chi connectivity index (χ2v) is 2.98. The molecule has 0 saturated carbocycles. The zero-order valence-corrected chi connectivity index (χ0v) is 7.95. The number of methoxy groups -OCH3 is 1. The molecule has 0 aliphatic rings. The molecule has 0 bridgehead atoms. The first-order valence-electron chi connectivity index (χ1n) is 3.20. The third-order valence-electron chi connectivity index (χ3n) is 1.34. The van der Waals surface area contributed by atoms with Crippen molar-refractivity contribution in [3.63, 3.8) is 0 Å². The third-order valence-corrected chi connectivity index (χ3v) is 2.03. The summed E-state index contributed by atoms with van der Waals surface area (Å²) in [6, 6.07) is 1.56. The normalized spacial score (nSPS) is 9.67. The molecule has 1 heterocycles. The predicted molar refractivity (Wildman–Crippen MR) is 48.3 cm³/mol.